The van der Waals surface area contributed by atoms with Crippen LogP contribution in [0.1, 0.15) is 15.9 Å². The van der Waals surface area contributed by atoms with Gasteiger partial charge in [-0.3, -0.25) is 4.79 Å². The molecule has 1 aromatic rings. The van der Waals surface area contributed by atoms with Gasteiger partial charge in [-0.2, -0.15) is 0 Å². The fourth-order valence-corrected chi connectivity index (χ4v) is 2.13. The molecule has 2 nitrogen and oxygen atoms in total. The highest BCUT2D eigenvalue weighted by Crippen LogP contribution is 2.47. The maximum Gasteiger partial charge on any atom is 0.150 e. The lowest BCUT2D eigenvalue weighted by Gasteiger charge is -2.10. The van der Waals surface area contributed by atoms with E-state index < -0.39 is 0 Å². The SMILES string of the molecule is O=Cc1ccc2c(c1)C(Br)(Br)CO2. The third kappa shape index (κ3) is 1.53. The molecule has 0 atom stereocenters. The van der Waals surface area contributed by atoms with Crippen molar-refractivity contribution in [3.8, 4) is 5.75 Å². The maximum absolute atomic E-state index is 10.5. The van der Waals surface area contributed by atoms with E-state index >= 15 is 0 Å². The predicted molar refractivity (Wildman–Crippen MR) is 56.9 cm³/mol. The number of hydrogen-bond donors (Lipinski definition) is 0. The molecule has 68 valence electrons. The van der Waals surface area contributed by atoms with Gasteiger partial charge in [-0.1, -0.05) is 31.9 Å². The minimum Gasteiger partial charge on any atom is -0.490 e. The summed E-state index contributed by atoms with van der Waals surface area (Å²) in [5.41, 5.74) is 1.63. The molecule has 2 rings (SSSR count). The van der Waals surface area contributed by atoms with Crippen LogP contribution in [-0.4, -0.2) is 12.9 Å². The highest BCUT2D eigenvalue weighted by molar-refractivity contribution is 9.24. The first-order valence-electron chi connectivity index (χ1n) is 3.74. The van der Waals surface area contributed by atoms with Crippen LogP contribution in [0.25, 0.3) is 0 Å². The lowest BCUT2D eigenvalue weighted by molar-refractivity contribution is 0.112. The lowest BCUT2D eigenvalue weighted by Crippen LogP contribution is -2.09. The number of carbonyl (C=O) groups is 1. The van der Waals surface area contributed by atoms with Crippen molar-refractivity contribution in [1.82, 2.24) is 0 Å². The van der Waals surface area contributed by atoms with Gasteiger partial charge in [0.05, 0.1) is 0 Å². The highest BCUT2D eigenvalue weighted by atomic mass is 79.9. The van der Waals surface area contributed by atoms with Crippen molar-refractivity contribution in [2.24, 2.45) is 0 Å². The number of rotatable bonds is 1. The molecule has 0 spiro atoms. The number of hydrogen-bond acceptors (Lipinski definition) is 2. The second-order valence-corrected chi connectivity index (χ2v) is 6.64. The standard InChI is InChI=1S/C9H6Br2O2/c10-9(11)5-13-8-2-1-6(4-12)3-7(8)9/h1-4H,5H2. The Morgan fingerprint density at radius 3 is 2.92 bits per heavy atom. The van der Waals surface area contributed by atoms with Gasteiger partial charge in [0.1, 0.15) is 21.9 Å². The minimum atomic E-state index is -0.339. The number of aldehydes is 1. The summed E-state index contributed by atoms with van der Waals surface area (Å²) in [6, 6.07) is 5.37. The number of fused-ring (bicyclic) bond motifs is 1. The number of carbonyl (C=O) groups excluding carboxylic acids is 1. The molecule has 1 aliphatic heterocycles. The molecule has 0 aromatic heterocycles. The zero-order valence-electron chi connectivity index (χ0n) is 6.59. The van der Waals surface area contributed by atoms with E-state index in [1.165, 1.54) is 0 Å². The van der Waals surface area contributed by atoms with Gasteiger partial charge in [-0.25, -0.2) is 0 Å². The fraction of sp³-hybridized carbons (Fsp3) is 0.222. The zero-order chi connectivity index (χ0) is 9.47. The third-order valence-corrected chi connectivity index (χ3v) is 3.25. The molecule has 0 amide bonds. The van der Waals surface area contributed by atoms with Crippen LogP contribution in [0, 0.1) is 0 Å². The molecule has 0 bridgehead atoms. The van der Waals surface area contributed by atoms with Gasteiger partial charge in [-0.15, -0.1) is 0 Å². The Balaban J connectivity index is 2.55. The van der Waals surface area contributed by atoms with Gasteiger partial charge in [-0.05, 0) is 18.2 Å². The molecular weight excluding hydrogens is 300 g/mol. The van der Waals surface area contributed by atoms with E-state index in [4.69, 9.17) is 4.74 Å². The molecule has 0 saturated carbocycles. The molecule has 13 heavy (non-hydrogen) atoms. The number of benzene rings is 1. The van der Waals surface area contributed by atoms with Crippen LogP contribution >= 0.6 is 31.9 Å². The van der Waals surface area contributed by atoms with Crippen molar-refractivity contribution in [3.05, 3.63) is 29.3 Å². The summed E-state index contributed by atoms with van der Waals surface area (Å²) >= 11 is 6.96. The molecule has 1 heterocycles. The van der Waals surface area contributed by atoms with Crippen LogP contribution in [0.15, 0.2) is 18.2 Å². The average molecular weight is 306 g/mol. The first-order valence-corrected chi connectivity index (χ1v) is 5.32. The van der Waals surface area contributed by atoms with E-state index in [2.05, 4.69) is 31.9 Å². The minimum absolute atomic E-state index is 0.339. The Kier molecular flexibility index (Phi) is 2.20. The van der Waals surface area contributed by atoms with Crippen molar-refractivity contribution >= 4 is 38.1 Å². The van der Waals surface area contributed by atoms with Crippen molar-refractivity contribution in [1.29, 1.82) is 0 Å². The molecule has 4 heteroatoms. The maximum atomic E-state index is 10.5. The Morgan fingerprint density at radius 1 is 1.46 bits per heavy atom. The fourth-order valence-electron chi connectivity index (χ4n) is 1.28. The Labute approximate surface area is 92.5 Å². The van der Waals surface area contributed by atoms with Gasteiger partial charge >= 0.3 is 0 Å². The third-order valence-electron chi connectivity index (χ3n) is 1.94. The molecule has 0 unspecified atom stereocenters. The summed E-state index contributed by atoms with van der Waals surface area (Å²) in [4.78, 5) is 10.5. The van der Waals surface area contributed by atoms with Crippen LogP contribution in [-0.2, 0) is 3.23 Å². The first kappa shape index (κ1) is 9.21. The van der Waals surface area contributed by atoms with E-state index in [1.54, 1.807) is 6.07 Å². The number of halogens is 2. The molecule has 0 N–H and O–H groups in total. The summed E-state index contributed by atoms with van der Waals surface area (Å²) in [5, 5.41) is 0. The first-order chi connectivity index (χ1) is 6.13. The summed E-state index contributed by atoms with van der Waals surface area (Å²) < 4.78 is 5.06. The highest BCUT2D eigenvalue weighted by Gasteiger charge is 2.35. The van der Waals surface area contributed by atoms with Crippen molar-refractivity contribution in [2.75, 3.05) is 6.61 Å². The van der Waals surface area contributed by atoms with E-state index in [1.807, 2.05) is 12.1 Å². The van der Waals surface area contributed by atoms with Crippen molar-refractivity contribution in [3.63, 3.8) is 0 Å². The van der Waals surface area contributed by atoms with Gasteiger partial charge in [0.2, 0.25) is 0 Å². The average Bonchev–Trinajstić information content (AvgIpc) is 2.42. The Bertz CT molecular complexity index is 361. The molecule has 0 aliphatic carbocycles. The van der Waals surface area contributed by atoms with Gasteiger partial charge in [0.15, 0.2) is 0 Å². The Hall–Kier alpha value is -0.350. The van der Waals surface area contributed by atoms with Gasteiger partial charge < -0.3 is 4.74 Å². The second kappa shape index (κ2) is 3.10. The van der Waals surface area contributed by atoms with E-state index in [0.29, 0.717) is 12.2 Å². The summed E-state index contributed by atoms with van der Waals surface area (Å²) in [7, 11) is 0. The number of ether oxygens (including phenoxy) is 1. The van der Waals surface area contributed by atoms with Gasteiger partial charge in [0, 0.05) is 11.1 Å². The van der Waals surface area contributed by atoms with E-state index in [9.17, 15) is 4.79 Å². The van der Waals surface area contributed by atoms with Crippen LogP contribution in [0.5, 0.6) is 5.75 Å². The van der Waals surface area contributed by atoms with Crippen molar-refractivity contribution in [2.45, 2.75) is 3.23 Å². The smallest absolute Gasteiger partial charge is 0.150 e. The predicted octanol–water partition coefficient (Wildman–Crippen LogP) is 2.83. The number of alkyl halides is 2. The zero-order valence-corrected chi connectivity index (χ0v) is 9.76. The normalized spacial score (nSPS) is 17.7. The topological polar surface area (TPSA) is 26.3 Å². The molecule has 0 saturated heterocycles. The molecular formula is C9H6Br2O2. The second-order valence-electron chi connectivity index (χ2n) is 2.87. The molecule has 1 aliphatic rings. The molecule has 0 fully saturated rings. The Morgan fingerprint density at radius 2 is 2.23 bits per heavy atom. The molecule has 1 aromatic carbocycles. The summed E-state index contributed by atoms with van der Waals surface area (Å²) in [6.45, 7) is 0.532. The van der Waals surface area contributed by atoms with Gasteiger partial charge in [0.25, 0.3) is 0 Å². The summed E-state index contributed by atoms with van der Waals surface area (Å²) in [5.74, 6) is 0.819. The van der Waals surface area contributed by atoms with Crippen LogP contribution in [0.3, 0.4) is 0 Å². The summed E-state index contributed by atoms with van der Waals surface area (Å²) in [6.07, 6.45) is 0.828. The van der Waals surface area contributed by atoms with Crippen LogP contribution < -0.4 is 4.74 Å². The van der Waals surface area contributed by atoms with Crippen LogP contribution in [0.2, 0.25) is 0 Å². The largest absolute Gasteiger partial charge is 0.490 e. The van der Waals surface area contributed by atoms with Crippen molar-refractivity contribution < 1.29 is 9.53 Å². The molecule has 0 radical (unpaired) electrons. The lowest BCUT2D eigenvalue weighted by atomic mass is 10.1. The van der Waals surface area contributed by atoms with E-state index in [-0.39, 0.29) is 3.23 Å². The van der Waals surface area contributed by atoms with Crippen LogP contribution in [0.4, 0.5) is 0 Å². The van der Waals surface area contributed by atoms with E-state index in [0.717, 1.165) is 17.6 Å². The quantitative estimate of drug-likeness (QED) is 0.589. The monoisotopic (exact) mass is 304 g/mol.